The lowest BCUT2D eigenvalue weighted by molar-refractivity contribution is -0.144. The normalized spacial score (nSPS) is 21.8. The number of hydrogen-bond acceptors (Lipinski definition) is 3. The number of benzene rings is 1. The number of amides is 1. The molecule has 1 aliphatic carbocycles. The average molecular weight is 333 g/mol. The van der Waals surface area contributed by atoms with Crippen LogP contribution < -0.4 is 10.1 Å². The number of carboxylic acid groups (broad SMARTS) is 1. The predicted molar refractivity (Wildman–Crippen MR) is 92.0 cm³/mol. The van der Waals surface area contributed by atoms with E-state index in [1.165, 1.54) is 5.56 Å². The van der Waals surface area contributed by atoms with Crippen LogP contribution in [0.4, 0.5) is 0 Å². The zero-order valence-electron chi connectivity index (χ0n) is 14.5. The van der Waals surface area contributed by atoms with E-state index in [1.807, 2.05) is 24.3 Å². The molecule has 1 aliphatic rings. The molecule has 0 bridgehead atoms. The molecule has 3 atom stereocenters. The Morgan fingerprint density at radius 2 is 1.92 bits per heavy atom. The van der Waals surface area contributed by atoms with Gasteiger partial charge in [-0.15, -0.1) is 0 Å². The maximum atomic E-state index is 12.3. The van der Waals surface area contributed by atoms with E-state index in [4.69, 9.17) is 9.84 Å². The molecule has 1 saturated carbocycles. The van der Waals surface area contributed by atoms with Crippen LogP contribution in [0.5, 0.6) is 5.75 Å². The first-order valence-corrected chi connectivity index (χ1v) is 8.63. The minimum atomic E-state index is -0.777. The van der Waals surface area contributed by atoms with Crippen molar-refractivity contribution in [1.29, 1.82) is 0 Å². The van der Waals surface area contributed by atoms with Crippen molar-refractivity contribution in [2.75, 3.05) is 13.7 Å². The van der Waals surface area contributed by atoms with E-state index in [9.17, 15) is 9.59 Å². The van der Waals surface area contributed by atoms with E-state index >= 15 is 0 Å². The van der Waals surface area contributed by atoms with E-state index < -0.39 is 5.97 Å². The number of nitrogens with one attached hydrogen (secondary N) is 1. The van der Waals surface area contributed by atoms with Crippen LogP contribution in [0.2, 0.25) is 0 Å². The molecule has 0 spiro atoms. The van der Waals surface area contributed by atoms with Gasteiger partial charge in [-0.25, -0.2) is 0 Å². The quantitative estimate of drug-likeness (QED) is 0.804. The van der Waals surface area contributed by atoms with Gasteiger partial charge in [-0.2, -0.15) is 0 Å². The van der Waals surface area contributed by atoms with E-state index in [0.29, 0.717) is 25.3 Å². The highest BCUT2D eigenvalue weighted by atomic mass is 16.5. The lowest BCUT2D eigenvalue weighted by Crippen LogP contribution is -2.37. The first kappa shape index (κ1) is 18.3. The van der Waals surface area contributed by atoms with Crippen LogP contribution in [-0.2, 0) is 16.0 Å². The van der Waals surface area contributed by atoms with E-state index in [-0.39, 0.29) is 17.7 Å². The third-order valence-electron chi connectivity index (χ3n) is 4.76. The molecule has 2 N–H and O–H groups in total. The number of aliphatic carboxylic acids is 1. The summed E-state index contributed by atoms with van der Waals surface area (Å²) >= 11 is 0. The van der Waals surface area contributed by atoms with Crippen LogP contribution in [0, 0.1) is 17.8 Å². The molecular weight excluding hydrogens is 306 g/mol. The molecule has 0 heterocycles. The summed E-state index contributed by atoms with van der Waals surface area (Å²) in [6.45, 7) is 2.71. The molecule has 1 amide bonds. The Morgan fingerprint density at radius 1 is 1.25 bits per heavy atom. The lowest BCUT2D eigenvalue weighted by Gasteiger charge is -2.26. The Morgan fingerprint density at radius 3 is 2.54 bits per heavy atom. The zero-order chi connectivity index (χ0) is 17.5. The summed E-state index contributed by atoms with van der Waals surface area (Å²) in [5.41, 5.74) is 1.21. The molecule has 5 nitrogen and oxygen atoms in total. The van der Waals surface area contributed by atoms with Crippen LogP contribution >= 0.6 is 0 Å². The summed E-state index contributed by atoms with van der Waals surface area (Å²) in [4.78, 5) is 23.4. The summed E-state index contributed by atoms with van der Waals surface area (Å²) in [6, 6.07) is 7.95. The molecule has 0 aromatic heterocycles. The van der Waals surface area contributed by atoms with Gasteiger partial charge >= 0.3 is 5.97 Å². The molecular formula is C19H27NO4. The summed E-state index contributed by atoms with van der Waals surface area (Å²) in [5, 5.41) is 12.1. The average Bonchev–Trinajstić information content (AvgIpc) is 2.60. The Balaban J connectivity index is 1.76. The smallest absolute Gasteiger partial charge is 0.306 e. The molecule has 1 aromatic carbocycles. The Labute approximate surface area is 143 Å². The molecule has 0 saturated heterocycles. The van der Waals surface area contributed by atoms with Gasteiger partial charge in [0.05, 0.1) is 13.0 Å². The number of carboxylic acids is 1. The van der Waals surface area contributed by atoms with Crippen molar-refractivity contribution in [3.63, 3.8) is 0 Å². The first-order valence-electron chi connectivity index (χ1n) is 8.63. The number of methoxy groups -OCH3 is 1. The van der Waals surface area contributed by atoms with Crippen LogP contribution in [0.15, 0.2) is 24.3 Å². The molecule has 2 rings (SSSR count). The number of rotatable bonds is 7. The highest BCUT2D eigenvalue weighted by molar-refractivity contribution is 5.80. The zero-order valence-corrected chi connectivity index (χ0v) is 14.5. The van der Waals surface area contributed by atoms with E-state index in [1.54, 1.807) is 7.11 Å². The monoisotopic (exact) mass is 333 g/mol. The molecule has 1 fully saturated rings. The highest BCUT2D eigenvalue weighted by Crippen LogP contribution is 2.29. The van der Waals surface area contributed by atoms with Crippen LogP contribution in [-0.4, -0.2) is 30.6 Å². The standard InChI is InChI=1S/C19H27NO4/c1-13(10-14-6-8-17(24-2)9-7-14)12-20-18(21)15-4-3-5-16(11-15)19(22)23/h6-9,13,15-16H,3-5,10-12H2,1-2H3,(H,20,21)(H,22,23). The summed E-state index contributed by atoms with van der Waals surface area (Å²) in [7, 11) is 1.65. The van der Waals surface area contributed by atoms with Crippen LogP contribution in [0.1, 0.15) is 38.2 Å². The van der Waals surface area contributed by atoms with Crippen LogP contribution in [0.3, 0.4) is 0 Å². The molecule has 1 aromatic rings. The summed E-state index contributed by atoms with van der Waals surface area (Å²) in [6.07, 6.45) is 3.65. The van der Waals surface area contributed by atoms with Crippen molar-refractivity contribution < 1.29 is 19.4 Å². The number of ether oxygens (including phenoxy) is 1. The number of carbonyl (C=O) groups is 2. The minimum absolute atomic E-state index is 0.00234. The van der Waals surface area contributed by atoms with Gasteiger partial charge in [0.2, 0.25) is 5.91 Å². The van der Waals surface area contributed by atoms with Crippen LogP contribution in [0.25, 0.3) is 0 Å². The summed E-state index contributed by atoms with van der Waals surface area (Å²) in [5.74, 6) is -0.145. The van der Waals surface area contributed by atoms with Crippen molar-refractivity contribution >= 4 is 11.9 Å². The Hall–Kier alpha value is -2.04. The minimum Gasteiger partial charge on any atom is -0.497 e. The van der Waals surface area contributed by atoms with E-state index in [0.717, 1.165) is 25.0 Å². The predicted octanol–water partition coefficient (Wildman–Crippen LogP) is 2.88. The second-order valence-corrected chi connectivity index (χ2v) is 6.80. The number of carbonyl (C=O) groups excluding carboxylic acids is 1. The van der Waals surface area contributed by atoms with Gasteiger partial charge in [0, 0.05) is 12.5 Å². The maximum Gasteiger partial charge on any atom is 0.306 e. The van der Waals surface area contributed by atoms with Gasteiger partial charge in [0.25, 0.3) is 0 Å². The van der Waals surface area contributed by atoms with E-state index in [2.05, 4.69) is 12.2 Å². The van der Waals surface area contributed by atoms with Crippen molar-refractivity contribution in [1.82, 2.24) is 5.32 Å². The lowest BCUT2D eigenvalue weighted by atomic mass is 9.81. The van der Waals surface area contributed by atoms with Gasteiger partial charge in [0.15, 0.2) is 0 Å². The molecule has 0 radical (unpaired) electrons. The van der Waals surface area contributed by atoms with Crippen molar-refractivity contribution in [3.05, 3.63) is 29.8 Å². The third kappa shape index (κ3) is 5.25. The fraction of sp³-hybridized carbons (Fsp3) is 0.579. The topological polar surface area (TPSA) is 75.6 Å². The van der Waals surface area contributed by atoms with Gasteiger partial charge in [0.1, 0.15) is 5.75 Å². The third-order valence-corrected chi connectivity index (χ3v) is 4.76. The fourth-order valence-electron chi connectivity index (χ4n) is 3.31. The molecule has 132 valence electrons. The largest absolute Gasteiger partial charge is 0.497 e. The van der Waals surface area contributed by atoms with Gasteiger partial charge in [-0.3, -0.25) is 9.59 Å². The molecule has 3 unspecified atom stereocenters. The van der Waals surface area contributed by atoms with Crippen molar-refractivity contribution in [3.8, 4) is 5.75 Å². The SMILES string of the molecule is COc1ccc(CC(C)CNC(=O)C2CCCC(C(=O)O)C2)cc1. The fourth-order valence-corrected chi connectivity index (χ4v) is 3.31. The molecule has 5 heteroatoms. The van der Waals surface area contributed by atoms with Gasteiger partial charge in [-0.1, -0.05) is 25.5 Å². The molecule has 24 heavy (non-hydrogen) atoms. The second-order valence-electron chi connectivity index (χ2n) is 6.80. The number of hydrogen-bond donors (Lipinski definition) is 2. The first-order chi connectivity index (χ1) is 11.5. The Kier molecular flexibility index (Phi) is 6.64. The van der Waals surface area contributed by atoms with Gasteiger partial charge < -0.3 is 15.2 Å². The maximum absolute atomic E-state index is 12.3. The van der Waals surface area contributed by atoms with Crippen molar-refractivity contribution in [2.24, 2.45) is 17.8 Å². The van der Waals surface area contributed by atoms with Crippen molar-refractivity contribution in [2.45, 2.75) is 39.0 Å². The summed E-state index contributed by atoms with van der Waals surface area (Å²) < 4.78 is 5.15. The van der Waals surface area contributed by atoms with Gasteiger partial charge in [-0.05, 0) is 49.3 Å². The Bertz CT molecular complexity index is 555. The highest BCUT2D eigenvalue weighted by Gasteiger charge is 2.30. The second kappa shape index (κ2) is 8.71. The molecule has 0 aliphatic heterocycles.